The Morgan fingerprint density at radius 1 is 1.27 bits per heavy atom. The third-order valence-electron chi connectivity index (χ3n) is 3.45. The predicted molar refractivity (Wildman–Crippen MR) is 79.7 cm³/mol. The Balaban J connectivity index is 2.11. The normalized spacial score (nSPS) is 17.0. The van der Waals surface area contributed by atoms with Crippen LogP contribution in [0.3, 0.4) is 0 Å². The lowest BCUT2D eigenvalue weighted by Crippen LogP contribution is -2.38. The van der Waals surface area contributed by atoms with E-state index >= 15 is 0 Å². The van der Waals surface area contributed by atoms with Gasteiger partial charge in [-0.1, -0.05) is 11.6 Å². The highest BCUT2D eigenvalue weighted by molar-refractivity contribution is 6.30. The molecule has 1 heterocycles. The molecule has 0 spiro atoms. The number of halogens is 1. The van der Waals surface area contributed by atoms with Crippen molar-refractivity contribution >= 4 is 29.1 Å². The number of rotatable bonds is 4. The first-order valence-electron chi connectivity index (χ1n) is 6.65. The lowest BCUT2D eigenvalue weighted by Gasteiger charge is -2.20. The van der Waals surface area contributed by atoms with Crippen molar-refractivity contribution in [2.45, 2.75) is 6.42 Å². The minimum Gasteiger partial charge on any atom is -0.316 e. The van der Waals surface area contributed by atoms with Crippen molar-refractivity contribution < 1.29 is 9.59 Å². The molecule has 1 aromatic carbocycles. The largest absolute Gasteiger partial charge is 0.316 e. The maximum atomic E-state index is 12.3. The van der Waals surface area contributed by atoms with E-state index in [1.165, 1.54) is 9.80 Å². The number of hydrogen-bond donors (Lipinski definition) is 0. The summed E-state index contributed by atoms with van der Waals surface area (Å²) in [6.07, 6.45) is 0.0782. The minimum atomic E-state index is -0.537. The number of nitrogens with zero attached hydrogens (tertiary/aromatic N) is 4. The average Bonchev–Trinajstić information content (AvgIpc) is 2.89. The molecule has 0 N–H and O–H groups in total. The zero-order chi connectivity index (χ0) is 16.1. The Morgan fingerprint density at radius 2 is 1.86 bits per heavy atom. The number of anilines is 1. The number of amides is 2. The van der Waals surface area contributed by atoms with Gasteiger partial charge < -0.3 is 9.80 Å². The molecular weight excluding hydrogens is 304 g/mol. The number of carbonyl (C=O) groups is 2. The molecule has 0 aromatic heterocycles. The molecule has 2 rings (SSSR count). The summed E-state index contributed by atoms with van der Waals surface area (Å²) < 4.78 is 0. The van der Waals surface area contributed by atoms with Crippen LogP contribution in [0.2, 0.25) is 5.02 Å². The second-order valence-corrected chi connectivity index (χ2v) is 5.33. The van der Waals surface area contributed by atoms with Crippen LogP contribution in [0.5, 0.6) is 0 Å². The molecule has 0 bridgehead atoms. The molecule has 0 saturated carbocycles. The standard InChI is InChI=1S/C15H13ClN4O2/c16-12-1-3-13(4-2-12)20-10-11(9-14(20)21)15(22)19(7-5-17)8-6-18/h1-4,11H,7-10H2/t11-/m0/s1. The van der Waals surface area contributed by atoms with Crippen molar-refractivity contribution in [3.8, 4) is 12.1 Å². The highest BCUT2D eigenvalue weighted by atomic mass is 35.5. The van der Waals surface area contributed by atoms with E-state index < -0.39 is 5.92 Å². The Bertz CT molecular complexity index is 644. The van der Waals surface area contributed by atoms with Gasteiger partial charge in [0.1, 0.15) is 13.1 Å². The molecule has 1 aliphatic heterocycles. The van der Waals surface area contributed by atoms with Gasteiger partial charge in [-0.05, 0) is 24.3 Å². The van der Waals surface area contributed by atoms with Gasteiger partial charge in [0.05, 0.1) is 18.1 Å². The first-order chi connectivity index (χ1) is 10.6. The Kier molecular flexibility index (Phi) is 4.98. The van der Waals surface area contributed by atoms with Crippen LogP contribution in [0, 0.1) is 28.6 Å². The van der Waals surface area contributed by atoms with Crippen LogP contribution in [0.4, 0.5) is 5.69 Å². The van der Waals surface area contributed by atoms with Crippen LogP contribution in [0.25, 0.3) is 0 Å². The van der Waals surface area contributed by atoms with Crippen LogP contribution in [-0.2, 0) is 9.59 Å². The lowest BCUT2D eigenvalue weighted by molar-refractivity contribution is -0.134. The lowest BCUT2D eigenvalue weighted by atomic mass is 10.1. The van der Waals surface area contributed by atoms with Gasteiger partial charge in [0.25, 0.3) is 0 Å². The fourth-order valence-corrected chi connectivity index (χ4v) is 2.51. The number of carbonyl (C=O) groups excluding carboxylic acids is 2. The molecule has 2 amide bonds. The Labute approximate surface area is 133 Å². The number of hydrogen-bond acceptors (Lipinski definition) is 4. The molecular formula is C15H13ClN4O2. The zero-order valence-electron chi connectivity index (χ0n) is 11.7. The van der Waals surface area contributed by atoms with Crippen molar-refractivity contribution in [1.29, 1.82) is 10.5 Å². The van der Waals surface area contributed by atoms with E-state index in [0.29, 0.717) is 10.7 Å². The third-order valence-corrected chi connectivity index (χ3v) is 3.70. The predicted octanol–water partition coefficient (Wildman–Crippen LogP) is 1.57. The van der Waals surface area contributed by atoms with Crippen molar-refractivity contribution in [1.82, 2.24) is 4.90 Å². The van der Waals surface area contributed by atoms with Gasteiger partial charge in [-0.3, -0.25) is 9.59 Å². The quantitative estimate of drug-likeness (QED) is 0.789. The summed E-state index contributed by atoms with van der Waals surface area (Å²) >= 11 is 5.82. The van der Waals surface area contributed by atoms with Crippen molar-refractivity contribution in [3.63, 3.8) is 0 Å². The summed E-state index contributed by atoms with van der Waals surface area (Å²) in [5.74, 6) is -1.03. The average molecular weight is 317 g/mol. The monoisotopic (exact) mass is 316 g/mol. The van der Waals surface area contributed by atoms with E-state index in [1.807, 2.05) is 12.1 Å². The van der Waals surface area contributed by atoms with Crippen LogP contribution >= 0.6 is 11.6 Å². The fourth-order valence-electron chi connectivity index (χ4n) is 2.38. The van der Waals surface area contributed by atoms with Gasteiger partial charge in [0.15, 0.2) is 0 Å². The van der Waals surface area contributed by atoms with Crippen LogP contribution in [-0.4, -0.2) is 36.3 Å². The van der Waals surface area contributed by atoms with Gasteiger partial charge in [-0.2, -0.15) is 10.5 Å². The molecule has 1 aliphatic rings. The summed E-state index contributed by atoms with van der Waals surface area (Å²) in [7, 11) is 0. The van der Waals surface area contributed by atoms with E-state index in [9.17, 15) is 9.59 Å². The number of nitriles is 2. The summed E-state index contributed by atoms with van der Waals surface area (Å²) in [4.78, 5) is 27.1. The first-order valence-corrected chi connectivity index (χ1v) is 7.03. The Morgan fingerprint density at radius 3 is 2.41 bits per heavy atom. The van der Waals surface area contributed by atoms with Crippen LogP contribution in [0.1, 0.15) is 6.42 Å². The van der Waals surface area contributed by atoms with Crippen molar-refractivity contribution in [3.05, 3.63) is 29.3 Å². The van der Waals surface area contributed by atoms with Gasteiger partial charge >= 0.3 is 0 Å². The minimum absolute atomic E-state index is 0.0782. The second kappa shape index (κ2) is 6.93. The second-order valence-electron chi connectivity index (χ2n) is 4.89. The Hall–Kier alpha value is -2.57. The molecule has 1 atom stereocenters. The van der Waals surface area contributed by atoms with Crippen molar-refractivity contribution in [2.24, 2.45) is 5.92 Å². The summed E-state index contributed by atoms with van der Waals surface area (Å²) in [5, 5.41) is 18.0. The summed E-state index contributed by atoms with van der Waals surface area (Å²) in [5.41, 5.74) is 0.678. The highest BCUT2D eigenvalue weighted by Gasteiger charge is 2.37. The molecule has 1 fully saturated rings. The number of benzene rings is 1. The summed E-state index contributed by atoms with van der Waals surface area (Å²) in [6, 6.07) is 10.5. The molecule has 7 heteroatoms. The molecule has 0 radical (unpaired) electrons. The third kappa shape index (κ3) is 3.36. The van der Waals surface area contributed by atoms with E-state index in [2.05, 4.69) is 0 Å². The van der Waals surface area contributed by atoms with E-state index in [4.69, 9.17) is 22.1 Å². The maximum Gasteiger partial charge on any atom is 0.229 e. The topological polar surface area (TPSA) is 88.2 Å². The fraction of sp³-hybridized carbons (Fsp3) is 0.333. The first kappa shape index (κ1) is 15.8. The van der Waals surface area contributed by atoms with Gasteiger partial charge in [0.2, 0.25) is 11.8 Å². The van der Waals surface area contributed by atoms with Crippen LogP contribution in [0.15, 0.2) is 24.3 Å². The van der Waals surface area contributed by atoms with Gasteiger partial charge in [-0.25, -0.2) is 0 Å². The summed E-state index contributed by atoms with van der Waals surface area (Å²) in [6.45, 7) is -0.0668. The van der Waals surface area contributed by atoms with Gasteiger partial charge in [-0.15, -0.1) is 0 Å². The van der Waals surface area contributed by atoms with E-state index in [0.717, 1.165) is 0 Å². The van der Waals surface area contributed by atoms with E-state index in [-0.39, 0.29) is 37.9 Å². The SMILES string of the molecule is N#CCN(CC#N)C(=O)[C@H]1CC(=O)N(c2ccc(Cl)cc2)C1. The molecule has 1 aromatic rings. The molecule has 0 aliphatic carbocycles. The zero-order valence-corrected chi connectivity index (χ0v) is 12.5. The molecule has 1 saturated heterocycles. The maximum absolute atomic E-state index is 12.3. The molecule has 6 nitrogen and oxygen atoms in total. The molecule has 22 heavy (non-hydrogen) atoms. The van der Waals surface area contributed by atoms with Crippen molar-refractivity contribution in [2.75, 3.05) is 24.5 Å². The molecule has 0 unspecified atom stereocenters. The van der Waals surface area contributed by atoms with E-state index in [1.54, 1.807) is 24.3 Å². The highest BCUT2D eigenvalue weighted by Crippen LogP contribution is 2.27. The van der Waals surface area contributed by atoms with Gasteiger partial charge in [0, 0.05) is 23.7 Å². The smallest absolute Gasteiger partial charge is 0.229 e. The van der Waals surface area contributed by atoms with Crippen LogP contribution < -0.4 is 4.90 Å². The molecule has 112 valence electrons.